The molecule has 0 aliphatic rings. The lowest BCUT2D eigenvalue weighted by molar-refractivity contribution is 0.794. The summed E-state index contributed by atoms with van der Waals surface area (Å²) in [4.78, 5) is 6.75. The average molecular weight is 229 g/mol. The van der Waals surface area contributed by atoms with Crippen LogP contribution >= 0.6 is 0 Å². The molecule has 0 saturated heterocycles. The number of benzene rings is 1. The number of nitrogens with two attached hydrogens (primary N) is 1. The van der Waals surface area contributed by atoms with Gasteiger partial charge < -0.3 is 10.6 Å². The zero-order valence-electron chi connectivity index (χ0n) is 10.5. The van der Waals surface area contributed by atoms with E-state index in [0.29, 0.717) is 0 Å². The summed E-state index contributed by atoms with van der Waals surface area (Å²) in [7, 11) is 0. The maximum atomic E-state index is 5.79. The van der Waals surface area contributed by atoms with E-state index in [2.05, 4.69) is 35.9 Å². The lowest BCUT2D eigenvalue weighted by Crippen LogP contribution is -2.23. The van der Waals surface area contributed by atoms with Crippen LogP contribution in [0.1, 0.15) is 20.3 Å². The third-order valence-electron chi connectivity index (χ3n) is 2.96. The standard InChI is InChI=1S/C14H19N3/c1-3-9-17(4-2)14-7-8-16-13-10-11(15)5-6-12(13)14/h5-8,10H,3-4,9,15H2,1-2H3. The SMILES string of the molecule is CCCN(CC)c1ccnc2cc(N)ccc12. The summed E-state index contributed by atoms with van der Waals surface area (Å²) in [5.41, 5.74) is 8.77. The summed E-state index contributed by atoms with van der Waals surface area (Å²) in [5, 5.41) is 1.18. The topological polar surface area (TPSA) is 42.2 Å². The van der Waals surface area contributed by atoms with Gasteiger partial charge in [-0.1, -0.05) is 6.92 Å². The highest BCUT2D eigenvalue weighted by Gasteiger charge is 2.08. The van der Waals surface area contributed by atoms with Crippen molar-refractivity contribution in [3.63, 3.8) is 0 Å². The first-order valence-corrected chi connectivity index (χ1v) is 6.15. The van der Waals surface area contributed by atoms with E-state index in [-0.39, 0.29) is 0 Å². The van der Waals surface area contributed by atoms with Gasteiger partial charge in [-0.25, -0.2) is 0 Å². The van der Waals surface area contributed by atoms with Crippen molar-refractivity contribution in [2.24, 2.45) is 0 Å². The number of aromatic nitrogens is 1. The van der Waals surface area contributed by atoms with E-state index in [1.807, 2.05) is 18.3 Å². The monoisotopic (exact) mass is 229 g/mol. The van der Waals surface area contributed by atoms with Crippen LogP contribution in [0.3, 0.4) is 0 Å². The fourth-order valence-electron chi connectivity index (χ4n) is 2.14. The van der Waals surface area contributed by atoms with Crippen LogP contribution in [0.25, 0.3) is 10.9 Å². The molecule has 0 amide bonds. The van der Waals surface area contributed by atoms with Gasteiger partial charge in [0.25, 0.3) is 0 Å². The summed E-state index contributed by atoms with van der Waals surface area (Å²) in [6.07, 6.45) is 3.00. The second-order valence-electron chi connectivity index (χ2n) is 4.19. The maximum Gasteiger partial charge on any atom is 0.0743 e. The predicted molar refractivity (Wildman–Crippen MR) is 74.3 cm³/mol. The van der Waals surface area contributed by atoms with Crippen molar-refractivity contribution < 1.29 is 0 Å². The van der Waals surface area contributed by atoms with Gasteiger partial charge in [0.2, 0.25) is 0 Å². The molecule has 0 atom stereocenters. The molecule has 0 aliphatic heterocycles. The molecule has 3 heteroatoms. The van der Waals surface area contributed by atoms with Gasteiger partial charge in [-0.05, 0) is 37.6 Å². The summed E-state index contributed by atoms with van der Waals surface area (Å²) < 4.78 is 0. The molecule has 1 aromatic heterocycles. The van der Waals surface area contributed by atoms with Crippen molar-refractivity contribution in [3.8, 4) is 0 Å². The fourth-order valence-corrected chi connectivity index (χ4v) is 2.14. The molecular weight excluding hydrogens is 210 g/mol. The molecule has 0 radical (unpaired) electrons. The molecule has 0 aliphatic carbocycles. The van der Waals surface area contributed by atoms with Crippen LogP contribution < -0.4 is 10.6 Å². The van der Waals surface area contributed by atoms with Crippen molar-refractivity contribution in [3.05, 3.63) is 30.5 Å². The number of anilines is 2. The van der Waals surface area contributed by atoms with Crippen molar-refractivity contribution >= 4 is 22.3 Å². The molecule has 2 N–H and O–H groups in total. The van der Waals surface area contributed by atoms with Crippen LogP contribution in [-0.4, -0.2) is 18.1 Å². The molecule has 1 aromatic carbocycles. The maximum absolute atomic E-state index is 5.79. The van der Waals surface area contributed by atoms with E-state index in [9.17, 15) is 0 Å². The number of nitrogens with zero attached hydrogens (tertiary/aromatic N) is 2. The van der Waals surface area contributed by atoms with Gasteiger partial charge in [-0.15, -0.1) is 0 Å². The van der Waals surface area contributed by atoms with Gasteiger partial charge in [0.1, 0.15) is 0 Å². The molecule has 0 saturated carbocycles. The Morgan fingerprint density at radius 2 is 2.06 bits per heavy atom. The molecule has 90 valence electrons. The molecule has 0 fully saturated rings. The van der Waals surface area contributed by atoms with Gasteiger partial charge in [-0.3, -0.25) is 4.98 Å². The Kier molecular flexibility index (Phi) is 3.47. The highest BCUT2D eigenvalue weighted by atomic mass is 15.1. The first-order chi connectivity index (χ1) is 8.26. The zero-order chi connectivity index (χ0) is 12.3. The smallest absolute Gasteiger partial charge is 0.0743 e. The van der Waals surface area contributed by atoms with Crippen LogP contribution in [0, 0.1) is 0 Å². The minimum absolute atomic E-state index is 0.765. The molecule has 1 heterocycles. The number of pyridine rings is 1. The number of rotatable bonds is 4. The van der Waals surface area contributed by atoms with Crippen LogP contribution in [0.4, 0.5) is 11.4 Å². The minimum Gasteiger partial charge on any atom is -0.399 e. The molecule has 0 unspecified atom stereocenters. The van der Waals surface area contributed by atoms with Crippen LogP contribution in [0.2, 0.25) is 0 Å². The van der Waals surface area contributed by atoms with E-state index < -0.39 is 0 Å². The highest BCUT2D eigenvalue weighted by Crippen LogP contribution is 2.26. The first-order valence-electron chi connectivity index (χ1n) is 6.15. The lowest BCUT2D eigenvalue weighted by atomic mass is 10.1. The summed E-state index contributed by atoms with van der Waals surface area (Å²) in [6, 6.07) is 8.01. The van der Waals surface area contributed by atoms with Crippen molar-refractivity contribution in [2.45, 2.75) is 20.3 Å². The van der Waals surface area contributed by atoms with E-state index in [1.165, 1.54) is 11.1 Å². The molecular formula is C14H19N3. The Balaban J connectivity index is 2.53. The average Bonchev–Trinajstić information content (AvgIpc) is 2.35. The van der Waals surface area contributed by atoms with Crippen LogP contribution in [-0.2, 0) is 0 Å². The highest BCUT2D eigenvalue weighted by molar-refractivity contribution is 5.93. The largest absolute Gasteiger partial charge is 0.399 e. The third-order valence-corrected chi connectivity index (χ3v) is 2.96. The zero-order valence-corrected chi connectivity index (χ0v) is 10.5. The first kappa shape index (κ1) is 11.7. The second-order valence-corrected chi connectivity index (χ2v) is 4.19. The lowest BCUT2D eigenvalue weighted by Gasteiger charge is -2.23. The third kappa shape index (κ3) is 2.33. The van der Waals surface area contributed by atoms with Crippen molar-refractivity contribution in [2.75, 3.05) is 23.7 Å². The number of hydrogen-bond donors (Lipinski definition) is 1. The van der Waals surface area contributed by atoms with Gasteiger partial charge in [0.05, 0.1) is 5.52 Å². The molecule has 2 aromatic rings. The number of fused-ring (bicyclic) bond motifs is 1. The van der Waals surface area contributed by atoms with E-state index >= 15 is 0 Å². The summed E-state index contributed by atoms with van der Waals surface area (Å²) in [6.45, 7) is 6.46. The minimum atomic E-state index is 0.765. The Bertz CT molecular complexity index is 508. The van der Waals surface area contributed by atoms with Gasteiger partial charge in [0, 0.05) is 36.0 Å². The Hall–Kier alpha value is -1.77. The van der Waals surface area contributed by atoms with Gasteiger partial charge in [0.15, 0.2) is 0 Å². The summed E-state index contributed by atoms with van der Waals surface area (Å²) >= 11 is 0. The predicted octanol–water partition coefficient (Wildman–Crippen LogP) is 3.05. The number of nitrogen functional groups attached to an aromatic ring is 1. The van der Waals surface area contributed by atoms with E-state index in [4.69, 9.17) is 5.73 Å². The Labute approximate surface area is 102 Å². The van der Waals surface area contributed by atoms with E-state index in [1.54, 1.807) is 0 Å². The Morgan fingerprint density at radius 3 is 2.76 bits per heavy atom. The molecule has 0 spiro atoms. The molecule has 0 bridgehead atoms. The van der Waals surface area contributed by atoms with Crippen molar-refractivity contribution in [1.82, 2.24) is 4.98 Å². The van der Waals surface area contributed by atoms with Crippen LogP contribution in [0.5, 0.6) is 0 Å². The second kappa shape index (κ2) is 5.04. The fraction of sp³-hybridized carbons (Fsp3) is 0.357. The van der Waals surface area contributed by atoms with E-state index in [0.717, 1.165) is 30.7 Å². The Morgan fingerprint density at radius 1 is 1.24 bits per heavy atom. The number of hydrogen-bond acceptors (Lipinski definition) is 3. The quantitative estimate of drug-likeness (QED) is 0.819. The van der Waals surface area contributed by atoms with Crippen LogP contribution in [0.15, 0.2) is 30.5 Å². The van der Waals surface area contributed by atoms with Gasteiger partial charge in [-0.2, -0.15) is 0 Å². The molecule has 2 rings (SSSR count). The van der Waals surface area contributed by atoms with Gasteiger partial charge >= 0.3 is 0 Å². The normalized spacial score (nSPS) is 10.7. The molecule has 3 nitrogen and oxygen atoms in total. The molecule has 17 heavy (non-hydrogen) atoms. The summed E-state index contributed by atoms with van der Waals surface area (Å²) in [5.74, 6) is 0. The van der Waals surface area contributed by atoms with Crippen molar-refractivity contribution in [1.29, 1.82) is 0 Å².